The smallest absolute Gasteiger partial charge is 0.244 e. The fourth-order valence-electron chi connectivity index (χ4n) is 1.15. The Labute approximate surface area is 92.8 Å². The molecule has 84 valence electrons. The Kier molecular flexibility index (Phi) is 2.69. The molecule has 5 nitrogen and oxygen atoms in total. The summed E-state index contributed by atoms with van der Waals surface area (Å²) in [6, 6.07) is 6.10. The molecule has 0 saturated heterocycles. The van der Waals surface area contributed by atoms with E-state index in [9.17, 15) is 13.6 Å². The molecule has 0 aliphatic rings. The molecule has 8 heteroatoms. The van der Waals surface area contributed by atoms with Crippen molar-refractivity contribution in [3.8, 4) is 5.69 Å². The minimum absolute atomic E-state index is 0.0130. The van der Waals surface area contributed by atoms with Crippen LogP contribution in [0, 0.1) is 0 Å². The number of rotatable bonds is 2. The van der Waals surface area contributed by atoms with Crippen LogP contribution < -0.4 is 5.69 Å². The molecule has 0 saturated carbocycles. The number of aromatic nitrogens is 4. The zero-order valence-electron chi connectivity index (χ0n) is 7.72. The van der Waals surface area contributed by atoms with Gasteiger partial charge >= 0.3 is 12.2 Å². The van der Waals surface area contributed by atoms with E-state index in [4.69, 9.17) is 11.6 Å². The van der Waals surface area contributed by atoms with Crippen LogP contribution in [0.3, 0.4) is 0 Å². The molecule has 0 unspecified atom stereocenters. The molecule has 0 N–H and O–H groups in total. The Morgan fingerprint density at radius 3 is 2.62 bits per heavy atom. The van der Waals surface area contributed by atoms with Crippen LogP contribution in [0.4, 0.5) is 8.78 Å². The van der Waals surface area contributed by atoms with Crippen molar-refractivity contribution in [1.82, 2.24) is 19.8 Å². The summed E-state index contributed by atoms with van der Waals surface area (Å²) < 4.78 is 25.2. The summed E-state index contributed by atoms with van der Waals surface area (Å²) in [6.07, 6.45) is 0. The van der Waals surface area contributed by atoms with Gasteiger partial charge in [0.2, 0.25) is 0 Å². The first-order valence-electron chi connectivity index (χ1n) is 4.18. The average molecular weight is 247 g/mol. The second-order valence-corrected chi connectivity index (χ2v) is 3.31. The van der Waals surface area contributed by atoms with Crippen molar-refractivity contribution in [3.05, 3.63) is 39.8 Å². The lowest BCUT2D eigenvalue weighted by molar-refractivity contribution is 0.0508. The second kappa shape index (κ2) is 4.01. The summed E-state index contributed by atoms with van der Waals surface area (Å²) >= 11 is 5.70. The molecule has 0 radical (unpaired) electrons. The third-order valence-electron chi connectivity index (χ3n) is 1.84. The Balaban J connectivity index is 2.54. The van der Waals surface area contributed by atoms with Crippen molar-refractivity contribution in [2.45, 2.75) is 6.55 Å². The minimum atomic E-state index is -3.01. The molecule has 0 aliphatic carbocycles. The van der Waals surface area contributed by atoms with Gasteiger partial charge in [-0.05, 0) is 28.6 Å². The van der Waals surface area contributed by atoms with E-state index in [1.165, 1.54) is 12.1 Å². The van der Waals surface area contributed by atoms with Crippen molar-refractivity contribution in [2.75, 3.05) is 0 Å². The highest BCUT2D eigenvalue weighted by molar-refractivity contribution is 6.30. The van der Waals surface area contributed by atoms with Crippen LogP contribution >= 0.6 is 11.6 Å². The zero-order chi connectivity index (χ0) is 11.7. The van der Waals surface area contributed by atoms with E-state index in [1.54, 1.807) is 12.1 Å². The van der Waals surface area contributed by atoms with E-state index in [-0.39, 0.29) is 10.4 Å². The lowest BCUT2D eigenvalue weighted by Gasteiger charge is -1.98. The maximum atomic E-state index is 12.3. The highest BCUT2D eigenvalue weighted by atomic mass is 35.5. The lowest BCUT2D eigenvalue weighted by atomic mass is 10.3. The van der Waals surface area contributed by atoms with Crippen molar-refractivity contribution in [2.24, 2.45) is 0 Å². The topological polar surface area (TPSA) is 52.7 Å². The predicted octanol–water partition coefficient (Wildman–Crippen LogP) is 1.48. The van der Waals surface area contributed by atoms with Gasteiger partial charge in [-0.3, -0.25) is 0 Å². The third kappa shape index (κ3) is 1.81. The number of tetrazole rings is 1. The molecule has 0 aliphatic heterocycles. The van der Waals surface area contributed by atoms with Crippen LogP contribution in [0.1, 0.15) is 6.55 Å². The van der Waals surface area contributed by atoms with E-state index in [0.29, 0.717) is 5.02 Å². The molecule has 0 fully saturated rings. The molecule has 0 spiro atoms. The quantitative estimate of drug-likeness (QED) is 0.806. The number of halogens is 3. The summed E-state index contributed by atoms with van der Waals surface area (Å²) in [4.78, 5) is 11.4. The molecule has 1 aromatic heterocycles. The Morgan fingerprint density at radius 2 is 2.06 bits per heavy atom. The molecule has 2 aromatic rings. The van der Waals surface area contributed by atoms with Crippen molar-refractivity contribution < 1.29 is 8.78 Å². The molecule has 1 aromatic carbocycles. The number of hydrogen-bond donors (Lipinski definition) is 0. The number of benzene rings is 1. The second-order valence-electron chi connectivity index (χ2n) is 2.88. The molecule has 0 amide bonds. The Bertz CT molecular complexity index is 565. The van der Waals surface area contributed by atoms with Crippen LogP contribution in [0.15, 0.2) is 29.1 Å². The average Bonchev–Trinajstić information content (AvgIpc) is 2.60. The SMILES string of the molecule is O=c1n(-c2cccc(Cl)c2)nnn1C(F)F. The number of alkyl halides is 2. The first-order chi connectivity index (χ1) is 7.59. The fourth-order valence-corrected chi connectivity index (χ4v) is 1.33. The fraction of sp³-hybridized carbons (Fsp3) is 0.125. The van der Waals surface area contributed by atoms with E-state index >= 15 is 0 Å². The minimum Gasteiger partial charge on any atom is -0.244 e. The molecular formula is C8H5ClF2N4O. The van der Waals surface area contributed by atoms with Crippen LogP contribution in [-0.2, 0) is 0 Å². The highest BCUT2D eigenvalue weighted by Gasteiger charge is 2.15. The first-order valence-corrected chi connectivity index (χ1v) is 4.56. The van der Waals surface area contributed by atoms with Crippen molar-refractivity contribution in [3.63, 3.8) is 0 Å². The van der Waals surface area contributed by atoms with E-state index < -0.39 is 12.2 Å². The Hall–Kier alpha value is -1.76. The molecule has 0 bridgehead atoms. The van der Waals surface area contributed by atoms with E-state index in [0.717, 1.165) is 4.68 Å². The van der Waals surface area contributed by atoms with E-state index in [1.807, 2.05) is 0 Å². The molecular weight excluding hydrogens is 242 g/mol. The van der Waals surface area contributed by atoms with E-state index in [2.05, 4.69) is 10.4 Å². The zero-order valence-corrected chi connectivity index (χ0v) is 8.47. The van der Waals surface area contributed by atoms with Gasteiger partial charge in [-0.25, -0.2) is 4.79 Å². The van der Waals surface area contributed by atoms with Gasteiger partial charge in [0.05, 0.1) is 5.69 Å². The molecule has 0 atom stereocenters. The van der Waals surface area contributed by atoms with Gasteiger partial charge in [0.1, 0.15) is 0 Å². The summed E-state index contributed by atoms with van der Waals surface area (Å²) in [6.45, 7) is -3.01. The van der Waals surface area contributed by atoms with Gasteiger partial charge < -0.3 is 0 Å². The molecule has 16 heavy (non-hydrogen) atoms. The van der Waals surface area contributed by atoms with Crippen LogP contribution in [0.25, 0.3) is 5.69 Å². The standard InChI is InChI=1S/C8H5ClF2N4O/c9-5-2-1-3-6(4-5)14-8(16)15(7(10)11)13-12-14/h1-4,7H. The third-order valence-corrected chi connectivity index (χ3v) is 2.08. The maximum Gasteiger partial charge on any atom is 0.373 e. The van der Waals surface area contributed by atoms with Gasteiger partial charge in [-0.15, -0.1) is 4.68 Å². The van der Waals surface area contributed by atoms with Gasteiger partial charge in [-0.1, -0.05) is 17.7 Å². The van der Waals surface area contributed by atoms with Gasteiger partial charge in [-0.2, -0.15) is 13.5 Å². The first kappa shape index (κ1) is 10.7. The Morgan fingerprint density at radius 1 is 1.31 bits per heavy atom. The molecule has 2 rings (SSSR count). The highest BCUT2D eigenvalue weighted by Crippen LogP contribution is 2.12. The largest absolute Gasteiger partial charge is 0.373 e. The lowest BCUT2D eigenvalue weighted by Crippen LogP contribution is -2.24. The van der Waals surface area contributed by atoms with Crippen molar-refractivity contribution in [1.29, 1.82) is 0 Å². The molecule has 1 heterocycles. The predicted molar refractivity (Wildman–Crippen MR) is 51.9 cm³/mol. The summed E-state index contributed by atoms with van der Waals surface area (Å²) in [7, 11) is 0. The van der Waals surface area contributed by atoms with Gasteiger partial charge in [0.15, 0.2) is 0 Å². The summed E-state index contributed by atoms with van der Waals surface area (Å²) in [5.41, 5.74) is -0.735. The summed E-state index contributed by atoms with van der Waals surface area (Å²) in [5, 5.41) is 6.74. The van der Waals surface area contributed by atoms with Gasteiger partial charge in [0, 0.05) is 5.02 Å². The normalized spacial score (nSPS) is 11.0. The summed E-state index contributed by atoms with van der Waals surface area (Å²) in [5.74, 6) is 0. The van der Waals surface area contributed by atoms with Crippen molar-refractivity contribution >= 4 is 11.6 Å². The van der Waals surface area contributed by atoms with Crippen LogP contribution in [-0.4, -0.2) is 19.8 Å². The monoisotopic (exact) mass is 246 g/mol. The van der Waals surface area contributed by atoms with Crippen LogP contribution in [0.5, 0.6) is 0 Å². The van der Waals surface area contributed by atoms with Gasteiger partial charge in [0.25, 0.3) is 0 Å². The number of hydrogen-bond acceptors (Lipinski definition) is 3. The number of nitrogens with zero attached hydrogens (tertiary/aromatic N) is 4. The van der Waals surface area contributed by atoms with Crippen LogP contribution in [0.2, 0.25) is 5.02 Å². The maximum absolute atomic E-state index is 12.3.